The monoisotopic (exact) mass is 513 g/mol. The number of benzene rings is 2. The van der Waals surface area contributed by atoms with Crippen LogP contribution in [0, 0.1) is 0 Å². The number of carbonyl (C=O) groups excluding carboxylic acids is 1. The van der Waals surface area contributed by atoms with Crippen molar-refractivity contribution in [1.29, 1.82) is 0 Å². The molecule has 9 heteroatoms. The van der Waals surface area contributed by atoms with Gasteiger partial charge in [0.15, 0.2) is 5.13 Å². The zero-order valence-corrected chi connectivity index (χ0v) is 21.8. The third-order valence-electron chi connectivity index (χ3n) is 4.73. The molecule has 0 bridgehead atoms. The number of ether oxygens (including phenoxy) is 1. The molecule has 1 heterocycles. The van der Waals surface area contributed by atoms with Crippen LogP contribution in [0.4, 0.5) is 5.13 Å². The lowest BCUT2D eigenvalue weighted by atomic mass is 10.3. The number of thiazole rings is 1. The van der Waals surface area contributed by atoms with Gasteiger partial charge in [-0.2, -0.15) is 0 Å². The maximum Gasteiger partial charge on any atom is 0.228 e. The van der Waals surface area contributed by atoms with Gasteiger partial charge >= 0.3 is 0 Å². The summed E-state index contributed by atoms with van der Waals surface area (Å²) in [5.41, 5.74) is 0.708. The van der Waals surface area contributed by atoms with Crippen molar-refractivity contribution < 1.29 is 9.53 Å². The van der Waals surface area contributed by atoms with Crippen LogP contribution in [0.5, 0.6) is 5.75 Å². The Bertz CT molecular complexity index is 1000. The second-order valence-electron chi connectivity index (χ2n) is 7.39. The van der Waals surface area contributed by atoms with E-state index in [-0.39, 0.29) is 18.3 Å². The minimum absolute atomic E-state index is 0. The lowest BCUT2D eigenvalue weighted by Crippen LogP contribution is -2.33. The van der Waals surface area contributed by atoms with Crippen molar-refractivity contribution in [1.82, 2.24) is 9.88 Å². The topological polar surface area (TPSA) is 45.7 Å². The molecule has 2 aromatic carbocycles. The van der Waals surface area contributed by atoms with Crippen molar-refractivity contribution in [3.63, 3.8) is 0 Å². The fourth-order valence-corrected chi connectivity index (χ4v) is 5.33. The Hall–Kier alpha value is -1.51. The quantitative estimate of drug-likeness (QED) is 0.224. The van der Waals surface area contributed by atoms with Crippen molar-refractivity contribution >= 4 is 68.4 Å². The van der Waals surface area contributed by atoms with E-state index in [0.29, 0.717) is 34.4 Å². The van der Waals surface area contributed by atoms with Gasteiger partial charge in [-0.1, -0.05) is 41.1 Å². The van der Waals surface area contributed by atoms with E-state index in [1.165, 1.54) is 16.2 Å². The summed E-state index contributed by atoms with van der Waals surface area (Å²) >= 11 is 9.62. The lowest BCUT2D eigenvalue weighted by molar-refractivity contribution is -0.118. The van der Waals surface area contributed by atoms with E-state index in [2.05, 4.69) is 17.0 Å². The van der Waals surface area contributed by atoms with Crippen LogP contribution >= 0.6 is 47.1 Å². The summed E-state index contributed by atoms with van der Waals surface area (Å²) in [6.45, 7) is 1.53. The summed E-state index contributed by atoms with van der Waals surface area (Å²) in [4.78, 5) is 23.1. The number of nitrogens with zero attached hydrogens (tertiary/aromatic N) is 3. The van der Waals surface area contributed by atoms with Crippen LogP contribution in [0.2, 0.25) is 5.02 Å². The van der Waals surface area contributed by atoms with Crippen LogP contribution in [0.15, 0.2) is 47.4 Å². The molecular weight excluding hydrogens is 485 g/mol. The first-order chi connectivity index (χ1) is 15.0. The van der Waals surface area contributed by atoms with Gasteiger partial charge in [-0.15, -0.1) is 24.2 Å². The average molecular weight is 515 g/mol. The molecule has 3 aromatic rings. The molecule has 0 radical (unpaired) electrons. The first-order valence-electron chi connectivity index (χ1n) is 10.3. The zero-order valence-electron chi connectivity index (χ0n) is 18.5. The molecule has 0 saturated heterocycles. The van der Waals surface area contributed by atoms with Gasteiger partial charge in [-0.25, -0.2) is 4.98 Å². The second-order valence-corrected chi connectivity index (χ2v) is 9.94. The Labute approximate surface area is 209 Å². The molecule has 0 aliphatic heterocycles. The molecule has 0 unspecified atom stereocenters. The van der Waals surface area contributed by atoms with Gasteiger partial charge in [0, 0.05) is 17.9 Å². The number of hydrogen-bond donors (Lipinski definition) is 0. The first-order valence-corrected chi connectivity index (χ1v) is 12.4. The van der Waals surface area contributed by atoms with Gasteiger partial charge in [0.25, 0.3) is 0 Å². The van der Waals surface area contributed by atoms with Crippen LogP contribution < -0.4 is 9.64 Å². The van der Waals surface area contributed by atoms with Gasteiger partial charge in [0.05, 0.1) is 16.8 Å². The lowest BCUT2D eigenvalue weighted by Gasteiger charge is -2.21. The van der Waals surface area contributed by atoms with Crippen LogP contribution in [0.25, 0.3) is 10.2 Å². The Balaban J connectivity index is 0.00000363. The fourth-order valence-electron chi connectivity index (χ4n) is 3.16. The largest absolute Gasteiger partial charge is 0.494 e. The standard InChI is InChI=1S/C23H28ClN3O2S2.ClH/c1-26(2)14-8-15-27(20(28)11-7-16-30-17-9-5-4-6-10-17)23-25-21-19(29-3)13-12-18(24)22(21)31-23;/h4-6,9-10,12-13H,7-8,11,14-16H2,1-3H3;1H. The molecule has 5 nitrogen and oxygen atoms in total. The molecule has 3 rings (SSSR count). The molecule has 1 aromatic heterocycles. The van der Waals surface area contributed by atoms with Crippen LogP contribution in [-0.2, 0) is 4.79 Å². The average Bonchev–Trinajstić information content (AvgIpc) is 3.21. The van der Waals surface area contributed by atoms with Gasteiger partial charge in [-0.05, 0) is 63.5 Å². The summed E-state index contributed by atoms with van der Waals surface area (Å²) < 4.78 is 6.29. The molecule has 0 fully saturated rings. The molecule has 32 heavy (non-hydrogen) atoms. The second kappa shape index (κ2) is 13.3. The number of methoxy groups -OCH3 is 1. The zero-order chi connectivity index (χ0) is 22.2. The molecule has 0 aliphatic rings. The third-order valence-corrected chi connectivity index (χ3v) is 7.37. The fraction of sp³-hybridized carbons (Fsp3) is 0.391. The summed E-state index contributed by atoms with van der Waals surface area (Å²) in [5, 5.41) is 1.31. The van der Waals surface area contributed by atoms with Gasteiger partial charge in [0.2, 0.25) is 5.91 Å². The molecule has 174 valence electrons. The number of anilines is 1. The van der Waals surface area contributed by atoms with Crippen LogP contribution in [0.3, 0.4) is 0 Å². The van der Waals surface area contributed by atoms with Gasteiger partial charge in [-0.3, -0.25) is 9.69 Å². The SMILES string of the molecule is COc1ccc(Cl)c2sc(N(CCCN(C)C)C(=O)CCCSc3ccccc3)nc12.Cl. The maximum absolute atomic E-state index is 13.2. The number of hydrogen-bond acceptors (Lipinski definition) is 6. The highest BCUT2D eigenvalue weighted by atomic mass is 35.5. The number of fused-ring (bicyclic) bond motifs is 1. The summed E-state index contributed by atoms with van der Waals surface area (Å²) in [7, 11) is 5.69. The van der Waals surface area contributed by atoms with E-state index < -0.39 is 0 Å². The molecule has 0 saturated carbocycles. The number of carbonyl (C=O) groups is 1. The molecule has 0 atom stereocenters. The molecule has 0 N–H and O–H groups in total. The van der Waals surface area contributed by atoms with Crippen molar-refractivity contribution in [2.45, 2.75) is 24.2 Å². The van der Waals surface area contributed by atoms with Crippen molar-refractivity contribution in [3.8, 4) is 5.75 Å². The van der Waals surface area contributed by atoms with Gasteiger partial charge < -0.3 is 9.64 Å². The Morgan fingerprint density at radius 1 is 1.12 bits per heavy atom. The van der Waals surface area contributed by atoms with Gasteiger partial charge in [0.1, 0.15) is 11.3 Å². The minimum atomic E-state index is 0. The summed E-state index contributed by atoms with van der Waals surface area (Å²) in [5.74, 6) is 1.67. The smallest absolute Gasteiger partial charge is 0.228 e. The number of thioether (sulfide) groups is 1. The predicted molar refractivity (Wildman–Crippen MR) is 140 cm³/mol. The number of aromatic nitrogens is 1. The summed E-state index contributed by atoms with van der Waals surface area (Å²) in [6.07, 6.45) is 2.18. The van der Waals surface area contributed by atoms with E-state index in [1.54, 1.807) is 18.9 Å². The highest BCUT2D eigenvalue weighted by Crippen LogP contribution is 2.39. The predicted octanol–water partition coefficient (Wildman–Crippen LogP) is 6.24. The maximum atomic E-state index is 13.2. The number of rotatable bonds is 11. The third kappa shape index (κ3) is 7.25. The highest BCUT2D eigenvalue weighted by molar-refractivity contribution is 7.99. The molecule has 0 spiro atoms. The van der Waals surface area contributed by atoms with E-state index in [9.17, 15) is 4.79 Å². The molecule has 0 aliphatic carbocycles. The van der Waals surface area contributed by atoms with Crippen molar-refractivity contribution in [2.24, 2.45) is 0 Å². The Kier molecular flexibility index (Phi) is 11.1. The first kappa shape index (κ1) is 26.7. The van der Waals surface area contributed by atoms with E-state index in [4.69, 9.17) is 21.3 Å². The van der Waals surface area contributed by atoms with E-state index in [0.717, 1.165) is 29.8 Å². The number of halogens is 2. The molecular formula is C23H29Cl2N3O2S2. The van der Waals surface area contributed by atoms with E-state index in [1.807, 2.05) is 49.3 Å². The summed E-state index contributed by atoms with van der Waals surface area (Å²) in [6, 6.07) is 13.9. The van der Waals surface area contributed by atoms with Crippen molar-refractivity contribution in [2.75, 3.05) is 44.9 Å². The highest BCUT2D eigenvalue weighted by Gasteiger charge is 2.21. The minimum Gasteiger partial charge on any atom is -0.494 e. The number of amides is 1. The van der Waals surface area contributed by atoms with E-state index >= 15 is 0 Å². The van der Waals surface area contributed by atoms with Crippen LogP contribution in [-0.4, -0.2) is 55.8 Å². The normalized spacial score (nSPS) is 10.9. The Morgan fingerprint density at radius 3 is 2.56 bits per heavy atom. The van der Waals surface area contributed by atoms with Crippen LogP contribution in [0.1, 0.15) is 19.3 Å². The van der Waals surface area contributed by atoms with Crippen molar-refractivity contribution in [3.05, 3.63) is 47.5 Å². The Morgan fingerprint density at radius 2 is 1.88 bits per heavy atom. The molecule has 1 amide bonds.